The molecule has 0 saturated carbocycles. The molecule has 0 saturated heterocycles. The first kappa shape index (κ1) is 19.0. The largest absolute Gasteiger partial charge is 0.371 e. The number of para-hydroxylation sites is 1. The maximum Gasteiger partial charge on any atom is 0.249 e. The molecule has 2 aromatic rings. The lowest BCUT2D eigenvalue weighted by atomic mass is 9.98. The number of anilines is 2. The Hall–Kier alpha value is -2.29. The minimum Gasteiger partial charge on any atom is -0.371 e. The molecule has 0 aliphatic rings. The molecular weight excluding hydrogens is 308 g/mol. The number of hydrogen-bond donors (Lipinski definition) is 2. The minimum absolute atomic E-state index is 0.0373. The van der Waals surface area contributed by atoms with Crippen molar-refractivity contribution in [2.75, 3.05) is 10.6 Å². The van der Waals surface area contributed by atoms with Gasteiger partial charge < -0.3 is 10.6 Å². The van der Waals surface area contributed by atoms with Crippen molar-refractivity contribution in [3.05, 3.63) is 59.2 Å². The molecule has 0 unspecified atom stereocenters. The Bertz CT molecular complexity index is 695. The molecule has 0 aliphatic heterocycles. The summed E-state index contributed by atoms with van der Waals surface area (Å²) >= 11 is 0. The Morgan fingerprint density at radius 3 is 1.92 bits per heavy atom. The quantitative estimate of drug-likeness (QED) is 0.728. The molecule has 0 atom stereocenters. The molecule has 2 N–H and O–H groups in total. The molecule has 2 aromatic carbocycles. The summed E-state index contributed by atoms with van der Waals surface area (Å²) in [5.41, 5.74) is 4.96. The monoisotopic (exact) mass is 338 g/mol. The number of nitrogens with one attached hydrogen (secondary N) is 2. The SMILES string of the molecule is CCc1ccc(NC(=O)C(C)(C)Nc2c(CC)cccc2CC)cc1. The first-order chi connectivity index (χ1) is 11.9. The number of rotatable bonds is 7. The normalized spacial score (nSPS) is 11.2. The fourth-order valence-corrected chi connectivity index (χ4v) is 2.88. The van der Waals surface area contributed by atoms with Gasteiger partial charge in [-0.1, -0.05) is 51.1 Å². The summed E-state index contributed by atoms with van der Waals surface area (Å²) in [6, 6.07) is 14.4. The lowest BCUT2D eigenvalue weighted by Gasteiger charge is -2.29. The van der Waals surface area contributed by atoms with Crippen LogP contribution in [0.3, 0.4) is 0 Å². The van der Waals surface area contributed by atoms with E-state index in [1.54, 1.807) is 0 Å². The molecule has 3 nitrogen and oxygen atoms in total. The van der Waals surface area contributed by atoms with Crippen LogP contribution >= 0.6 is 0 Å². The lowest BCUT2D eigenvalue weighted by molar-refractivity contribution is -0.119. The first-order valence-corrected chi connectivity index (χ1v) is 9.20. The fourth-order valence-electron chi connectivity index (χ4n) is 2.88. The Morgan fingerprint density at radius 1 is 0.880 bits per heavy atom. The molecule has 2 rings (SSSR count). The van der Waals surface area contributed by atoms with Gasteiger partial charge in [-0.05, 0) is 61.9 Å². The summed E-state index contributed by atoms with van der Waals surface area (Å²) in [6.07, 6.45) is 2.87. The van der Waals surface area contributed by atoms with Gasteiger partial charge >= 0.3 is 0 Å². The van der Waals surface area contributed by atoms with E-state index in [1.165, 1.54) is 16.7 Å². The topological polar surface area (TPSA) is 41.1 Å². The van der Waals surface area contributed by atoms with E-state index in [9.17, 15) is 4.79 Å². The summed E-state index contributed by atoms with van der Waals surface area (Å²) < 4.78 is 0. The van der Waals surface area contributed by atoms with Crippen LogP contribution in [-0.4, -0.2) is 11.4 Å². The van der Waals surface area contributed by atoms with Crippen LogP contribution in [0, 0.1) is 0 Å². The lowest BCUT2D eigenvalue weighted by Crippen LogP contribution is -2.44. The molecule has 3 heteroatoms. The van der Waals surface area contributed by atoms with Crippen molar-refractivity contribution in [1.82, 2.24) is 0 Å². The zero-order valence-electron chi connectivity index (χ0n) is 16.1. The summed E-state index contributed by atoms with van der Waals surface area (Å²) in [7, 11) is 0. The maximum atomic E-state index is 12.8. The highest BCUT2D eigenvalue weighted by atomic mass is 16.2. The van der Waals surface area contributed by atoms with Gasteiger partial charge in [-0.25, -0.2) is 0 Å². The van der Waals surface area contributed by atoms with Crippen LogP contribution in [-0.2, 0) is 24.1 Å². The number of benzene rings is 2. The van der Waals surface area contributed by atoms with Gasteiger partial charge in [-0.15, -0.1) is 0 Å². The second kappa shape index (κ2) is 8.19. The van der Waals surface area contributed by atoms with E-state index in [4.69, 9.17) is 0 Å². The van der Waals surface area contributed by atoms with E-state index in [2.05, 4.69) is 61.7 Å². The average Bonchev–Trinajstić information content (AvgIpc) is 2.62. The summed E-state index contributed by atoms with van der Waals surface area (Å²) in [5.74, 6) is -0.0373. The van der Waals surface area contributed by atoms with Crippen LogP contribution in [0.25, 0.3) is 0 Å². The zero-order chi connectivity index (χ0) is 18.4. The van der Waals surface area contributed by atoms with Gasteiger partial charge in [-0.2, -0.15) is 0 Å². The van der Waals surface area contributed by atoms with Gasteiger partial charge in [0, 0.05) is 11.4 Å². The van der Waals surface area contributed by atoms with Crippen molar-refractivity contribution >= 4 is 17.3 Å². The smallest absolute Gasteiger partial charge is 0.249 e. The predicted molar refractivity (Wildman–Crippen MR) is 107 cm³/mol. The highest BCUT2D eigenvalue weighted by Gasteiger charge is 2.28. The van der Waals surface area contributed by atoms with Crippen molar-refractivity contribution in [3.63, 3.8) is 0 Å². The first-order valence-electron chi connectivity index (χ1n) is 9.20. The van der Waals surface area contributed by atoms with Gasteiger partial charge in [0.15, 0.2) is 0 Å². The van der Waals surface area contributed by atoms with E-state index >= 15 is 0 Å². The van der Waals surface area contributed by atoms with E-state index < -0.39 is 5.54 Å². The molecule has 0 fully saturated rings. The summed E-state index contributed by atoms with van der Waals surface area (Å²) in [4.78, 5) is 12.8. The Labute approximate surface area is 151 Å². The van der Waals surface area contributed by atoms with Crippen LogP contribution in [0.1, 0.15) is 51.3 Å². The molecule has 134 valence electrons. The van der Waals surface area contributed by atoms with Crippen molar-refractivity contribution in [3.8, 4) is 0 Å². The standard InChI is InChI=1S/C22H30N2O/c1-6-16-12-14-19(15-13-16)23-21(25)22(4,5)24-20-17(7-2)10-9-11-18(20)8-3/h9-15,24H,6-8H2,1-5H3,(H,23,25). The number of hydrogen-bond acceptors (Lipinski definition) is 2. The number of amides is 1. The van der Waals surface area contributed by atoms with Crippen LogP contribution in [0.15, 0.2) is 42.5 Å². The number of carbonyl (C=O) groups excluding carboxylic acids is 1. The fraction of sp³-hybridized carbons (Fsp3) is 0.409. The number of carbonyl (C=O) groups is 1. The summed E-state index contributed by atoms with van der Waals surface area (Å²) in [6.45, 7) is 10.3. The van der Waals surface area contributed by atoms with Gasteiger partial charge in [0.2, 0.25) is 5.91 Å². The Balaban J connectivity index is 2.19. The maximum absolute atomic E-state index is 12.8. The van der Waals surface area contributed by atoms with E-state index in [-0.39, 0.29) is 5.91 Å². The molecule has 0 bridgehead atoms. The second-order valence-corrected chi connectivity index (χ2v) is 6.91. The molecule has 0 aromatic heterocycles. The van der Waals surface area contributed by atoms with Gasteiger partial charge in [0.05, 0.1) is 0 Å². The average molecular weight is 338 g/mol. The van der Waals surface area contributed by atoms with Gasteiger partial charge in [-0.3, -0.25) is 4.79 Å². The molecule has 0 aliphatic carbocycles. The molecule has 0 heterocycles. The third-order valence-corrected chi connectivity index (χ3v) is 4.62. The van der Waals surface area contributed by atoms with Crippen molar-refractivity contribution in [2.45, 2.75) is 59.4 Å². The van der Waals surface area contributed by atoms with Gasteiger partial charge in [0.25, 0.3) is 0 Å². The van der Waals surface area contributed by atoms with E-state index in [1.807, 2.05) is 26.0 Å². The van der Waals surface area contributed by atoms with Crippen molar-refractivity contribution in [2.24, 2.45) is 0 Å². The van der Waals surface area contributed by atoms with Crippen LogP contribution in [0.5, 0.6) is 0 Å². The Kier molecular flexibility index (Phi) is 6.24. The zero-order valence-corrected chi connectivity index (χ0v) is 16.1. The highest BCUT2D eigenvalue weighted by Crippen LogP contribution is 2.26. The van der Waals surface area contributed by atoms with Crippen LogP contribution in [0.2, 0.25) is 0 Å². The van der Waals surface area contributed by atoms with Crippen LogP contribution in [0.4, 0.5) is 11.4 Å². The predicted octanol–water partition coefficient (Wildman–Crippen LogP) is 5.20. The van der Waals surface area contributed by atoms with Crippen LogP contribution < -0.4 is 10.6 Å². The summed E-state index contributed by atoms with van der Waals surface area (Å²) in [5, 5.41) is 6.52. The van der Waals surface area contributed by atoms with Crippen molar-refractivity contribution in [1.29, 1.82) is 0 Å². The molecule has 1 amide bonds. The van der Waals surface area contributed by atoms with E-state index in [0.717, 1.165) is 30.6 Å². The molecule has 0 spiro atoms. The molecule has 0 radical (unpaired) electrons. The van der Waals surface area contributed by atoms with Gasteiger partial charge in [0.1, 0.15) is 5.54 Å². The molecular formula is C22H30N2O. The third kappa shape index (κ3) is 4.62. The third-order valence-electron chi connectivity index (χ3n) is 4.62. The molecule has 25 heavy (non-hydrogen) atoms. The van der Waals surface area contributed by atoms with E-state index in [0.29, 0.717) is 0 Å². The van der Waals surface area contributed by atoms with Crippen molar-refractivity contribution < 1.29 is 4.79 Å². The Morgan fingerprint density at radius 2 is 1.44 bits per heavy atom. The number of aryl methyl sites for hydroxylation is 3. The second-order valence-electron chi connectivity index (χ2n) is 6.91. The minimum atomic E-state index is -0.710. The highest BCUT2D eigenvalue weighted by molar-refractivity contribution is 5.99.